The summed E-state index contributed by atoms with van der Waals surface area (Å²) in [5.74, 6) is 0.0627. The summed E-state index contributed by atoms with van der Waals surface area (Å²) < 4.78 is 3.11. The molecule has 196 valence electrons. The highest BCUT2D eigenvalue weighted by atomic mass is 79.9. The van der Waals surface area contributed by atoms with Gasteiger partial charge in [-0.25, -0.2) is 4.98 Å². The fourth-order valence-electron chi connectivity index (χ4n) is 5.41. The molecule has 6 rings (SSSR count). The molecule has 2 aromatic heterocycles. The second-order valence-corrected chi connectivity index (χ2v) is 11.4. The zero-order chi connectivity index (χ0) is 26.6. The number of thiazole rings is 1. The highest BCUT2D eigenvalue weighted by Gasteiger charge is 2.33. The van der Waals surface area contributed by atoms with Crippen molar-refractivity contribution in [1.29, 1.82) is 0 Å². The Morgan fingerprint density at radius 2 is 1.77 bits per heavy atom. The SMILES string of the molecule is O=C(c1c(-c2ccccc2)c(-c2cccc(Br)c2)cn1Cc1cscn1)N1CCNC[C@H]1Cc1ccccc1. The molecule has 0 spiro atoms. The minimum absolute atomic E-state index is 0.0627. The predicted molar refractivity (Wildman–Crippen MR) is 162 cm³/mol. The van der Waals surface area contributed by atoms with Crippen LogP contribution >= 0.6 is 27.3 Å². The molecule has 0 bridgehead atoms. The number of amides is 1. The second kappa shape index (κ2) is 11.7. The molecule has 0 radical (unpaired) electrons. The molecule has 0 aliphatic carbocycles. The summed E-state index contributed by atoms with van der Waals surface area (Å²) >= 11 is 5.22. The first-order valence-electron chi connectivity index (χ1n) is 13.1. The van der Waals surface area contributed by atoms with E-state index in [1.807, 2.05) is 41.9 Å². The number of piperazine rings is 1. The summed E-state index contributed by atoms with van der Waals surface area (Å²) in [6.45, 7) is 2.75. The minimum atomic E-state index is 0.0627. The standard InChI is InChI=1S/C32H29BrN4OS/c33-26-13-7-12-25(17-26)29-20-36(19-27-21-39-22-35-27)31(30(29)24-10-5-2-6-11-24)32(38)37-15-14-34-18-28(37)16-23-8-3-1-4-9-23/h1-13,17,20-22,28,34H,14-16,18-19H2/t28-/m1/s1. The van der Waals surface area contributed by atoms with Crippen molar-refractivity contribution in [3.8, 4) is 22.3 Å². The quantitative estimate of drug-likeness (QED) is 0.226. The maximum absolute atomic E-state index is 14.7. The maximum atomic E-state index is 14.7. The van der Waals surface area contributed by atoms with Gasteiger partial charge in [0.05, 0.1) is 17.7 Å². The monoisotopic (exact) mass is 596 g/mol. The number of hydrogen-bond donors (Lipinski definition) is 1. The third-order valence-corrected chi connectivity index (χ3v) is 8.35. The fraction of sp³-hybridized carbons (Fsp3) is 0.188. The number of nitrogens with zero attached hydrogens (tertiary/aromatic N) is 3. The lowest BCUT2D eigenvalue weighted by Gasteiger charge is -2.37. The van der Waals surface area contributed by atoms with Crippen molar-refractivity contribution >= 4 is 33.2 Å². The first-order valence-corrected chi connectivity index (χ1v) is 14.9. The highest BCUT2D eigenvalue weighted by molar-refractivity contribution is 9.10. The molecule has 1 aliphatic rings. The topological polar surface area (TPSA) is 50.2 Å². The van der Waals surface area contributed by atoms with Crippen molar-refractivity contribution in [2.45, 2.75) is 19.0 Å². The predicted octanol–water partition coefficient (Wildman–Crippen LogP) is 6.75. The largest absolute Gasteiger partial charge is 0.336 e. The van der Waals surface area contributed by atoms with E-state index in [9.17, 15) is 4.79 Å². The molecule has 1 atom stereocenters. The van der Waals surface area contributed by atoms with Crippen LogP contribution in [-0.4, -0.2) is 46.0 Å². The van der Waals surface area contributed by atoms with Gasteiger partial charge in [-0.3, -0.25) is 4.79 Å². The molecular weight excluding hydrogens is 568 g/mol. The van der Waals surface area contributed by atoms with Gasteiger partial charge in [-0.2, -0.15) is 0 Å². The number of hydrogen-bond acceptors (Lipinski definition) is 4. The van der Waals surface area contributed by atoms with Crippen LogP contribution in [0.4, 0.5) is 0 Å². The van der Waals surface area contributed by atoms with E-state index in [0.717, 1.165) is 51.9 Å². The normalized spacial score (nSPS) is 15.4. The first kappa shape index (κ1) is 25.7. The Labute approximate surface area is 241 Å². The van der Waals surface area contributed by atoms with Crippen LogP contribution in [0.15, 0.2) is 106 Å². The van der Waals surface area contributed by atoms with Gasteiger partial charge in [0.15, 0.2) is 0 Å². The van der Waals surface area contributed by atoms with Gasteiger partial charge in [0.1, 0.15) is 5.69 Å². The molecule has 5 aromatic rings. The zero-order valence-corrected chi connectivity index (χ0v) is 23.9. The van der Waals surface area contributed by atoms with Crippen molar-refractivity contribution in [3.63, 3.8) is 0 Å². The summed E-state index contributed by atoms with van der Waals surface area (Å²) in [4.78, 5) is 21.3. The van der Waals surface area contributed by atoms with Gasteiger partial charge in [0.25, 0.3) is 5.91 Å². The Hall–Kier alpha value is -3.52. The lowest BCUT2D eigenvalue weighted by Crippen LogP contribution is -2.54. The summed E-state index contributed by atoms with van der Waals surface area (Å²) in [5, 5.41) is 5.57. The molecule has 7 heteroatoms. The number of carbonyl (C=O) groups is 1. The number of halogens is 1. The van der Waals surface area contributed by atoms with Crippen LogP contribution in [0.1, 0.15) is 21.7 Å². The van der Waals surface area contributed by atoms with Crippen LogP contribution in [0, 0.1) is 0 Å². The van der Waals surface area contributed by atoms with Gasteiger partial charge in [-0.15, -0.1) is 11.3 Å². The van der Waals surface area contributed by atoms with E-state index < -0.39 is 0 Å². The third kappa shape index (κ3) is 5.62. The van der Waals surface area contributed by atoms with E-state index in [1.54, 1.807) is 11.3 Å². The Balaban J connectivity index is 1.50. The van der Waals surface area contributed by atoms with Gasteiger partial charge in [-0.05, 0) is 35.2 Å². The molecule has 1 N–H and O–H groups in total. The maximum Gasteiger partial charge on any atom is 0.271 e. The zero-order valence-electron chi connectivity index (χ0n) is 21.5. The molecule has 0 unspecified atom stereocenters. The lowest BCUT2D eigenvalue weighted by molar-refractivity contribution is 0.0626. The molecule has 39 heavy (non-hydrogen) atoms. The second-order valence-electron chi connectivity index (χ2n) is 9.80. The average molecular weight is 598 g/mol. The summed E-state index contributed by atoms with van der Waals surface area (Å²) in [6.07, 6.45) is 2.94. The molecule has 0 saturated carbocycles. The molecule has 1 saturated heterocycles. The van der Waals surface area contributed by atoms with Crippen LogP contribution in [0.25, 0.3) is 22.3 Å². The Morgan fingerprint density at radius 3 is 2.51 bits per heavy atom. The van der Waals surface area contributed by atoms with E-state index in [4.69, 9.17) is 0 Å². The van der Waals surface area contributed by atoms with Crippen molar-refractivity contribution in [3.05, 3.63) is 123 Å². The van der Waals surface area contributed by atoms with E-state index in [-0.39, 0.29) is 11.9 Å². The minimum Gasteiger partial charge on any atom is -0.336 e. The van der Waals surface area contributed by atoms with Crippen molar-refractivity contribution in [2.24, 2.45) is 0 Å². The van der Waals surface area contributed by atoms with Gasteiger partial charge >= 0.3 is 0 Å². The van der Waals surface area contributed by atoms with E-state index in [1.165, 1.54) is 5.56 Å². The highest BCUT2D eigenvalue weighted by Crippen LogP contribution is 2.39. The Bertz CT molecular complexity index is 1550. The van der Waals surface area contributed by atoms with Crippen molar-refractivity contribution < 1.29 is 4.79 Å². The van der Waals surface area contributed by atoms with Crippen LogP contribution < -0.4 is 5.32 Å². The number of carbonyl (C=O) groups excluding carboxylic acids is 1. The average Bonchev–Trinajstić information content (AvgIpc) is 3.62. The molecule has 1 aliphatic heterocycles. The number of aromatic nitrogens is 2. The molecule has 5 nitrogen and oxygen atoms in total. The lowest BCUT2D eigenvalue weighted by atomic mass is 9.95. The van der Waals surface area contributed by atoms with Crippen molar-refractivity contribution in [1.82, 2.24) is 19.8 Å². The van der Waals surface area contributed by atoms with Gasteiger partial charge in [0, 0.05) is 52.9 Å². The smallest absolute Gasteiger partial charge is 0.271 e. The summed E-state index contributed by atoms with van der Waals surface area (Å²) in [5.41, 5.74) is 8.84. The van der Waals surface area contributed by atoms with E-state index >= 15 is 0 Å². The molecule has 3 aromatic carbocycles. The Morgan fingerprint density at radius 1 is 1.00 bits per heavy atom. The molecule has 1 amide bonds. The number of benzene rings is 3. The molecular formula is C32H29BrN4OS. The van der Waals surface area contributed by atoms with Crippen molar-refractivity contribution in [2.75, 3.05) is 19.6 Å². The molecule has 3 heterocycles. The van der Waals surface area contributed by atoms with Crippen LogP contribution in [0.5, 0.6) is 0 Å². The van der Waals surface area contributed by atoms with E-state index in [2.05, 4.69) is 95.8 Å². The van der Waals surface area contributed by atoms with Gasteiger partial charge in [0.2, 0.25) is 0 Å². The van der Waals surface area contributed by atoms with Gasteiger partial charge in [-0.1, -0.05) is 88.7 Å². The van der Waals surface area contributed by atoms with Crippen LogP contribution in [-0.2, 0) is 13.0 Å². The number of nitrogens with one attached hydrogen (secondary N) is 1. The fourth-order valence-corrected chi connectivity index (χ4v) is 6.35. The van der Waals surface area contributed by atoms with Crippen LogP contribution in [0.2, 0.25) is 0 Å². The first-order chi connectivity index (χ1) is 19.2. The summed E-state index contributed by atoms with van der Waals surface area (Å²) in [7, 11) is 0. The van der Waals surface area contributed by atoms with E-state index in [0.29, 0.717) is 18.8 Å². The number of rotatable bonds is 7. The molecule has 1 fully saturated rings. The Kier molecular flexibility index (Phi) is 7.72. The summed E-state index contributed by atoms with van der Waals surface area (Å²) in [6, 6.07) is 29.1. The van der Waals surface area contributed by atoms with Gasteiger partial charge < -0.3 is 14.8 Å². The van der Waals surface area contributed by atoms with Crippen LogP contribution in [0.3, 0.4) is 0 Å². The third-order valence-electron chi connectivity index (χ3n) is 7.22.